The van der Waals surface area contributed by atoms with Gasteiger partial charge in [0, 0.05) is 25.9 Å². The van der Waals surface area contributed by atoms with E-state index in [2.05, 4.69) is 15.6 Å². The number of phenols is 1. The molecule has 1 aromatic carbocycles. The number of carbonyl (C=O) groups is 5. The van der Waals surface area contributed by atoms with E-state index in [9.17, 15) is 34.2 Å². The lowest BCUT2D eigenvalue weighted by atomic mass is 10.0. The summed E-state index contributed by atoms with van der Waals surface area (Å²) in [4.78, 5) is 67.0. The molecule has 11 N–H and O–H groups in total. The molecule has 1 saturated heterocycles. The Bertz CT molecular complexity index is 1090. The fraction of sp³-hybridized carbons (Fsp3) is 0.520. The lowest BCUT2D eigenvalue weighted by Crippen LogP contribution is -2.57. The van der Waals surface area contributed by atoms with E-state index < -0.39 is 60.2 Å². The van der Waals surface area contributed by atoms with Crippen LogP contribution in [0.25, 0.3) is 0 Å². The SMILES string of the molecule is NC(N)=NCCCC(N)C(=O)NC(Cc1ccc(O)cc1)C(=O)N1CCCC1C(=O)NC(CCC(=O)O)C(=O)O. The zero-order valence-electron chi connectivity index (χ0n) is 22.0. The average molecular weight is 564 g/mol. The number of phenolic OH excluding ortho intramolecular Hbond substituents is 1. The van der Waals surface area contributed by atoms with Crippen molar-refractivity contribution in [2.75, 3.05) is 13.1 Å². The van der Waals surface area contributed by atoms with E-state index in [0.717, 1.165) is 0 Å². The molecule has 15 heteroatoms. The van der Waals surface area contributed by atoms with E-state index in [1.165, 1.54) is 17.0 Å². The van der Waals surface area contributed by atoms with Crippen molar-refractivity contribution in [3.8, 4) is 5.75 Å². The Morgan fingerprint density at radius 2 is 1.70 bits per heavy atom. The lowest BCUT2D eigenvalue weighted by molar-refractivity contribution is -0.145. The molecule has 1 heterocycles. The molecular formula is C25H37N7O8. The molecule has 0 saturated carbocycles. The molecule has 2 rings (SSSR count). The molecule has 0 bridgehead atoms. The second-order valence-corrected chi connectivity index (χ2v) is 9.51. The van der Waals surface area contributed by atoms with Gasteiger partial charge in [0.15, 0.2) is 5.96 Å². The van der Waals surface area contributed by atoms with Crippen molar-refractivity contribution in [3.63, 3.8) is 0 Å². The molecule has 0 radical (unpaired) electrons. The monoisotopic (exact) mass is 563 g/mol. The summed E-state index contributed by atoms with van der Waals surface area (Å²) in [6, 6.07) is 1.52. The highest BCUT2D eigenvalue weighted by atomic mass is 16.4. The third-order valence-electron chi connectivity index (χ3n) is 6.40. The molecule has 4 unspecified atom stereocenters. The smallest absolute Gasteiger partial charge is 0.326 e. The number of aromatic hydroxyl groups is 1. The topological polar surface area (TPSA) is 264 Å². The summed E-state index contributed by atoms with van der Waals surface area (Å²) in [5.74, 6) is -4.55. The number of nitrogens with one attached hydrogen (secondary N) is 2. The predicted octanol–water partition coefficient (Wildman–Crippen LogP) is -1.77. The van der Waals surface area contributed by atoms with Crippen LogP contribution in [-0.4, -0.2) is 93.1 Å². The Morgan fingerprint density at radius 3 is 2.30 bits per heavy atom. The van der Waals surface area contributed by atoms with Gasteiger partial charge < -0.3 is 48.1 Å². The van der Waals surface area contributed by atoms with Gasteiger partial charge in [-0.05, 0) is 49.8 Å². The number of aliphatic carboxylic acids is 2. The number of amides is 3. The minimum Gasteiger partial charge on any atom is -0.508 e. The Labute approximate surface area is 230 Å². The number of hydrogen-bond acceptors (Lipinski definition) is 8. The van der Waals surface area contributed by atoms with Crippen molar-refractivity contribution in [3.05, 3.63) is 29.8 Å². The zero-order valence-corrected chi connectivity index (χ0v) is 22.0. The summed E-state index contributed by atoms with van der Waals surface area (Å²) >= 11 is 0. The number of carboxylic acids is 2. The first-order valence-electron chi connectivity index (χ1n) is 12.8. The maximum Gasteiger partial charge on any atom is 0.326 e. The van der Waals surface area contributed by atoms with Crippen LogP contribution in [0.1, 0.15) is 44.1 Å². The van der Waals surface area contributed by atoms with Crippen molar-refractivity contribution in [2.45, 2.75) is 69.1 Å². The van der Waals surface area contributed by atoms with Crippen molar-refractivity contribution in [1.82, 2.24) is 15.5 Å². The van der Waals surface area contributed by atoms with Gasteiger partial charge in [-0.3, -0.25) is 24.2 Å². The van der Waals surface area contributed by atoms with Gasteiger partial charge >= 0.3 is 11.9 Å². The Hall–Kier alpha value is -4.40. The molecular weight excluding hydrogens is 526 g/mol. The van der Waals surface area contributed by atoms with Gasteiger partial charge in [0.25, 0.3) is 0 Å². The molecule has 1 fully saturated rings. The normalized spacial score (nSPS) is 16.8. The highest BCUT2D eigenvalue weighted by Gasteiger charge is 2.39. The Balaban J connectivity index is 2.17. The third-order valence-corrected chi connectivity index (χ3v) is 6.40. The van der Waals surface area contributed by atoms with Crippen LogP contribution in [0.4, 0.5) is 0 Å². The molecule has 40 heavy (non-hydrogen) atoms. The number of nitrogens with zero attached hydrogens (tertiary/aromatic N) is 2. The Morgan fingerprint density at radius 1 is 1.02 bits per heavy atom. The number of aliphatic imine (C=N–C) groups is 1. The lowest BCUT2D eigenvalue weighted by Gasteiger charge is -2.30. The third kappa shape index (κ3) is 10.1. The minimum atomic E-state index is -1.44. The molecule has 1 aliphatic heterocycles. The first-order valence-corrected chi connectivity index (χ1v) is 12.8. The van der Waals surface area contributed by atoms with Gasteiger partial charge in [0.1, 0.15) is 23.9 Å². The molecule has 4 atom stereocenters. The highest BCUT2D eigenvalue weighted by molar-refractivity contribution is 5.94. The van der Waals surface area contributed by atoms with Crippen LogP contribution < -0.4 is 27.8 Å². The maximum absolute atomic E-state index is 13.7. The van der Waals surface area contributed by atoms with Gasteiger partial charge in [-0.25, -0.2) is 4.79 Å². The standard InChI is InChI=1S/C25H37N7O8/c26-16(3-1-11-29-25(27)28)21(36)31-18(13-14-5-7-15(33)8-6-14)23(38)32-12-2-4-19(32)22(37)30-17(24(39)40)9-10-20(34)35/h5-8,16-19,33H,1-4,9-13,26H2,(H,30,37)(H,31,36)(H,34,35)(H,39,40)(H4,27,28,29). The van der Waals surface area contributed by atoms with Crippen molar-refractivity contribution >= 4 is 35.6 Å². The maximum atomic E-state index is 13.7. The molecule has 1 aliphatic rings. The van der Waals surface area contributed by atoms with E-state index in [-0.39, 0.29) is 50.5 Å². The molecule has 1 aromatic rings. The van der Waals surface area contributed by atoms with Crippen LogP contribution in [0.3, 0.4) is 0 Å². The van der Waals surface area contributed by atoms with E-state index >= 15 is 0 Å². The van der Waals surface area contributed by atoms with Crippen molar-refractivity contribution < 1.29 is 39.3 Å². The summed E-state index contributed by atoms with van der Waals surface area (Å²) in [5, 5.41) is 32.9. The summed E-state index contributed by atoms with van der Waals surface area (Å²) in [7, 11) is 0. The van der Waals surface area contributed by atoms with Crippen LogP contribution >= 0.6 is 0 Å². The van der Waals surface area contributed by atoms with Crippen molar-refractivity contribution in [1.29, 1.82) is 0 Å². The summed E-state index contributed by atoms with van der Waals surface area (Å²) in [5.41, 5.74) is 17.2. The summed E-state index contributed by atoms with van der Waals surface area (Å²) < 4.78 is 0. The minimum absolute atomic E-state index is 0.0191. The van der Waals surface area contributed by atoms with Gasteiger partial charge in [-0.1, -0.05) is 12.1 Å². The van der Waals surface area contributed by atoms with Crippen molar-refractivity contribution in [2.24, 2.45) is 22.2 Å². The molecule has 0 spiro atoms. The summed E-state index contributed by atoms with van der Waals surface area (Å²) in [6.45, 7) is 0.462. The largest absolute Gasteiger partial charge is 0.508 e. The summed E-state index contributed by atoms with van der Waals surface area (Å²) in [6.07, 6.45) is 0.629. The zero-order chi connectivity index (χ0) is 29.8. The van der Waals surface area contributed by atoms with Gasteiger partial charge in [-0.15, -0.1) is 0 Å². The predicted molar refractivity (Wildman–Crippen MR) is 143 cm³/mol. The fourth-order valence-corrected chi connectivity index (χ4v) is 4.29. The van der Waals surface area contributed by atoms with Crippen LogP contribution in [-0.2, 0) is 30.4 Å². The van der Waals surface area contributed by atoms with E-state index in [0.29, 0.717) is 18.4 Å². The van der Waals surface area contributed by atoms with E-state index in [4.69, 9.17) is 22.3 Å². The van der Waals surface area contributed by atoms with E-state index in [1.807, 2.05) is 0 Å². The number of benzene rings is 1. The molecule has 220 valence electrons. The molecule has 0 aromatic heterocycles. The quantitative estimate of drug-likeness (QED) is 0.0672. The van der Waals surface area contributed by atoms with Crippen LogP contribution in [0.15, 0.2) is 29.3 Å². The number of guanidine groups is 1. The van der Waals surface area contributed by atoms with Gasteiger partial charge in [0.05, 0.1) is 6.04 Å². The average Bonchev–Trinajstić information content (AvgIpc) is 3.39. The highest BCUT2D eigenvalue weighted by Crippen LogP contribution is 2.21. The molecule has 3 amide bonds. The molecule has 0 aliphatic carbocycles. The van der Waals surface area contributed by atoms with Crippen LogP contribution in [0.2, 0.25) is 0 Å². The van der Waals surface area contributed by atoms with E-state index in [1.54, 1.807) is 12.1 Å². The number of rotatable bonds is 15. The molecule has 15 nitrogen and oxygen atoms in total. The number of likely N-dealkylation sites (tertiary alicyclic amines) is 1. The number of hydrogen-bond donors (Lipinski definition) is 8. The number of carboxylic acid groups (broad SMARTS) is 2. The second kappa shape index (κ2) is 15.3. The van der Waals surface area contributed by atoms with Crippen LogP contribution in [0.5, 0.6) is 5.75 Å². The first kappa shape index (κ1) is 31.8. The van der Waals surface area contributed by atoms with Gasteiger partial charge in [0.2, 0.25) is 17.7 Å². The number of nitrogens with two attached hydrogens (primary N) is 3. The van der Waals surface area contributed by atoms with Crippen LogP contribution in [0, 0.1) is 0 Å². The fourth-order valence-electron chi connectivity index (χ4n) is 4.29. The Kier molecular flexibility index (Phi) is 12.1. The second-order valence-electron chi connectivity index (χ2n) is 9.51. The number of carbonyl (C=O) groups excluding carboxylic acids is 3. The van der Waals surface area contributed by atoms with Gasteiger partial charge in [-0.2, -0.15) is 0 Å². The first-order chi connectivity index (χ1) is 18.9.